The van der Waals surface area contributed by atoms with Crippen LogP contribution in [-0.2, 0) is 19.1 Å². The lowest BCUT2D eigenvalue weighted by Crippen LogP contribution is -2.23. The third-order valence-corrected chi connectivity index (χ3v) is 6.87. The van der Waals surface area contributed by atoms with E-state index in [1.54, 1.807) is 0 Å². The Kier molecular flexibility index (Phi) is 14.2. The van der Waals surface area contributed by atoms with E-state index in [9.17, 15) is 9.59 Å². The molecule has 1 fully saturated rings. The maximum Gasteiger partial charge on any atom is 0.231 e. The number of anilines is 1. The number of benzene rings is 1. The van der Waals surface area contributed by atoms with Crippen LogP contribution in [0.25, 0.3) is 0 Å². The van der Waals surface area contributed by atoms with Gasteiger partial charge in [-0.05, 0) is 48.6 Å². The molecule has 5 heteroatoms. The molecule has 0 unspecified atom stereocenters. The summed E-state index contributed by atoms with van der Waals surface area (Å²) in [5.41, 5.74) is 3.15. The SMILES string of the molecule is CC(C)c1cccc(C(C)C)c1NC(=O)CC(=O)CCCCCCCCCCOC1CCOCC1. The number of ketones is 1. The van der Waals surface area contributed by atoms with Gasteiger partial charge in [-0.1, -0.05) is 84.4 Å². The van der Waals surface area contributed by atoms with Crippen LogP contribution in [0.2, 0.25) is 0 Å². The number of nitrogens with one attached hydrogen (secondary N) is 1. The molecule has 1 aromatic rings. The predicted molar refractivity (Wildman–Crippen MR) is 144 cm³/mol. The summed E-state index contributed by atoms with van der Waals surface area (Å²) < 4.78 is 11.3. The van der Waals surface area contributed by atoms with Gasteiger partial charge in [0.15, 0.2) is 0 Å². The number of Topliss-reactive ketones (excluding diaryl/α,β-unsaturated/α-hetero) is 1. The molecule has 0 bridgehead atoms. The van der Waals surface area contributed by atoms with Crippen LogP contribution in [0, 0.1) is 0 Å². The van der Waals surface area contributed by atoms with Gasteiger partial charge in [0.1, 0.15) is 5.78 Å². The minimum Gasteiger partial charge on any atom is -0.381 e. The van der Waals surface area contributed by atoms with Crippen LogP contribution >= 0.6 is 0 Å². The maximum absolute atomic E-state index is 12.6. The summed E-state index contributed by atoms with van der Waals surface area (Å²) in [6, 6.07) is 6.18. The van der Waals surface area contributed by atoms with Crippen LogP contribution in [0.15, 0.2) is 18.2 Å². The van der Waals surface area contributed by atoms with E-state index in [4.69, 9.17) is 9.47 Å². The number of rotatable bonds is 17. The van der Waals surface area contributed by atoms with E-state index in [0.717, 1.165) is 75.2 Å². The Morgan fingerprint density at radius 2 is 1.43 bits per heavy atom. The third kappa shape index (κ3) is 11.7. The van der Waals surface area contributed by atoms with E-state index in [1.165, 1.54) is 25.7 Å². The Bertz CT molecular complexity index is 726. The highest BCUT2D eigenvalue weighted by Gasteiger charge is 2.17. The molecule has 0 aromatic heterocycles. The first-order chi connectivity index (χ1) is 16.9. The number of carbonyl (C=O) groups is 2. The molecule has 198 valence electrons. The van der Waals surface area contributed by atoms with Gasteiger partial charge in [-0.3, -0.25) is 9.59 Å². The van der Waals surface area contributed by atoms with Crippen molar-refractivity contribution in [2.75, 3.05) is 25.1 Å². The zero-order chi connectivity index (χ0) is 25.5. The number of ether oxygens (including phenoxy) is 2. The Morgan fingerprint density at radius 1 is 0.886 bits per heavy atom. The van der Waals surface area contributed by atoms with Crippen molar-refractivity contribution in [1.82, 2.24) is 0 Å². The highest BCUT2D eigenvalue weighted by molar-refractivity contribution is 6.05. The molecule has 0 radical (unpaired) electrons. The van der Waals surface area contributed by atoms with Crippen molar-refractivity contribution in [3.8, 4) is 0 Å². The fourth-order valence-corrected chi connectivity index (χ4v) is 4.72. The first-order valence-electron chi connectivity index (χ1n) is 14.0. The zero-order valence-electron chi connectivity index (χ0n) is 22.7. The molecule has 1 aliphatic heterocycles. The van der Waals surface area contributed by atoms with Crippen molar-refractivity contribution in [3.05, 3.63) is 29.3 Å². The van der Waals surface area contributed by atoms with Crippen molar-refractivity contribution in [2.45, 2.75) is 123 Å². The van der Waals surface area contributed by atoms with Crippen molar-refractivity contribution in [3.63, 3.8) is 0 Å². The first kappa shape index (κ1) is 29.5. The molecule has 0 aliphatic carbocycles. The molecular formula is C30H49NO4. The lowest BCUT2D eigenvalue weighted by Gasteiger charge is -2.22. The summed E-state index contributed by atoms with van der Waals surface area (Å²) in [6.45, 7) is 11.1. The highest BCUT2D eigenvalue weighted by atomic mass is 16.5. The van der Waals surface area contributed by atoms with Crippen LogP contribution in [0.5, 0.6) is 0 Å². The number of unbranched alkanes of at least 4 members (excludes halogenated alkanes) is 7. The van der Waals surface area contributed by atoms with E-state index in [0.29, 0.717) is 24.4 Å². The molecule has 1 aliphatic rings. The summed E-state index contributed by atoms with van der Waals surface area (Å²) in [4.78, 5) is 24.9. The van der Waals surface area contributed by atoms with E-state index >= 15 is 0 Å². The van der Waals surface area contributed by atoms with Gasteiger partial charge in [0, 0.05) is 31.9 Å². The smallest absolute Gasteiger partial charge is 0.231 e. The molecule has 0 atom stereocenters. The molecule has 0 saturated carbocycles. The van der Waals surface area contributed by atoms with Gasteiger partial charge < -0.3 is 14.8 Å². The van der Waals surface area contributed by atoms with Gasteiger partial charge in [0.25, 0.3) is 0 Å². The fourth-order valence-electron chi connectivity index (χ4n) is 4.72. The molecule has 1 N–H and O–H groups in total. The number of para-hydroxylation sites is 1. The Hall–Kier alpha value is -1.72. The van der Waals surface area contributed by atoms with Gasteiger partial charge in [-0.25, -0.2) is 0 Å². The Balaban J connectivity index is 1.52. The number of hydrogen-bond donors (Lipinski definition) is 1. The van der Waals surface area contributed by atoms with E-state index in [-0.39, 0.29) is 18.1 Å². The number of hydrogen-bond acceptors (Lipinski definition) is 4. The summed E-state index contributed by atoms with van der Waals surface area (Å²) in [5, 5.41) is 3.06. The van der Waals surface area contributed by atoms with Gasteiger partial charge in [-0.15, -0.1) is 0 Å². The van der Waals surface area contributed by atoms with Gasteiger partial charge in [0.05, 0.1) is 12.5 Å². The minimum atomic E-state index is -0.189. The van der Waals surface area contributed by atoms with Crippen LogP contribution in [0.3, 0.4) is 0 Å². The monoisotopic (exact) mass is 487 g/mol. The lowest BCUT2D eigenvalue weighted by molar-refractivity contribution is -0.125. The largest absolute Gasteiger partial charge is 0.381 e. The highest BCUT2D eigenvalue weighted by Crippen LogP contribution is 2.32. The summed E-state index contributed by atoms with van der Waals surface area (Å²) >= 11 is 0. The van der Waals surface area contributed by atoms with Crippen molar-refractivity contribution in [1.29, 1.82) is 0 Å². The van der Waals surface area contributed by atoms with Crippen LogP contribution in [0.4, 0.5) is 5.69 Å². The minimum absolute atomic E-state index is 0.0279. The molecule has 1 saturated heterocycles. The average Bonchev–Trinajstić information content (AvgIpc) is 2.82. The second-order valence-corrected chi connectivity index (χ2v) is 10.6. The molecule has 2 rings (SSSR count). The fraction of sp³-hybridized carbons (Fsp3) is 0.733. The van der Waals surface area contributed by atoms with E-state index < -0.39 is 0 Å². The molecule has 1 aromatic carbocycles. The van der Waals surface area contributed by atoms with Crippen molar-refractivity contribution >= 4 is 17.4 Å². The average molecular weight is 488 g/mol. The third-order valence-electron chi connectivity index (χ3n) is 6.87. The van der Waals surface area contributed by atoms with Crippen molar-refractivity contribution in [2.24, 2.45) is 0 Å². The number of carbonyl (C=O) groups excluding carboxylic acids is 2. The molecule has 0 spiro atoms. The first-order valence-corrected chi connectivity index (χ1v) is 14.0. The zero-order valence-corrected chi connectivity index (χ0v) is 22.7. The Morgan fingerprint density at radius 3 is 2.00 bits per heavy atom. The summed E-state index contributed by atoms with van der Waals surface area (Å²) in [7, 11) is 0. The topological polar surface area (TPSA) is 64.6 Å². The molecule has 35 heavy (non-hydrogen) atoms. The van der Waals surface area contributed by atoms with Crippen LogP contribution in [0.1, 0.15) is 128 Å². The second kappa shape index (κ2) is 16.9. The second-order valence-electron chi connectivity index (χ2n) is 10.6. The molecular weight excluding hydrogens is 438 g/mol. The van der Waals surface area contributed by atoms with Crippen LogP contribution < -0.4 is 5.32 Å². The van der Waals surface area contributed by atoms with Crippen LogP contribution in [-0.4, -0.2) is 37.6 Å². The maximum atomic E-state index is 12.6. The Labute approximate surface area is 213 Å². The predicted octanol–water partition coefficient (Wildman–Crippen LogP) is 7.54. The van der Waals surface area contributed by atoms with E-state index in [2.05, 4.69) is 45.1 Å². The van der Waals surface area contributed by atoms with Gasteiger partial charge in [0.2, 0.25) is 5.91 Å². The van der Waals surface area contributed by atoms with E-state index in [1.807, 2.05) is 6.07 Å². The van der Waals surface area contributed by atoms with Gasteiger partial charge >= 0.3 is 0 Å². The molecule has 1 heterocycles. The molecule has 1 amide bonds. The lowest BCUT2D eigenvalue weighted by atomic mass is 9.92. The molecule has 5 nitrogen and oxygen atoms in total. The summed E-state index contributed by atoms with van der Waals surface area (Å²) in [6.07, 6.45) is 12.2. The standard InChI is InChI=1S/C30H49NO4/c1-23(2)27-15-13-16-28(24(3)4)30(27)31-29(33)22-25(32)14-11-9-7-5-6-8-10-12-19-35-26-17-20-34-21-18-26/h13,15-16,23-24,26H,5-12,14,17-22H2,1-4H3,(H,31,33). The summed E-state index contributed by atoms with van der Waals surface area (Å²) in [5.74, 6) is 0.473. The quantitative estimate of drug-likeness (QED) is 0.182. The number of amides is 1. The van der Waals surface area contributed by atoms with Gasteiger partial charge in [-0.2, -0.15) is 0 Å². The van der Waals surface area contributed by atoms with Crippen molar-refractivity contribution < 1.29 is 19.1 Å². The normalized spacial score (nSPS) is 14.6.